The standard InChI is InChI=1S/C17H15N3OS/c18-14-8-4-7-13(9-14)17-20-15(11-22-17)16(21)19-10-12-5-2-1-3-6-12/h1-9,11H,10,18H2,(H,19,21). The lowest BCUT2D eigenvalue weighted by Gasteiger charge is -2.03. The molecular formula is C17H15N3OS. The van der Waals surface area contributed by atoms with Gasteiger partial charge in [0.2, 0.25) is 0 Å². The summed E-state index contributed by atoms with van der Waals surface area (Å²) in [5.41, 5.74) is 8.87. The third-order valence-electron chi connectivity index (χ3n) is 3.17. The Kier molecular flexibility index (Phi) is 4.16. The van der Waals surface area contributed by atoms with Crippen LogP contribution in [0.5, 0.6) is 0 Å². The molecule has 3 aromatic rings. The van der Waals surface area contributed by atoms with Crippen LogP contribution in [0.25, 0.3) is 10.6 Å². The average molecular weight is 309 g/mol. The molecule has 3 N–H and O–H groups in total. The first-order valence-corrected chi connectivity index (χ1v) is 7.74. The van der Waals surface area contributed by atoms with Crippen LogP contribution < -0.4 is 11.1 Å². The molecule has 0 atom stereocenters. The quantitative estimate of drug-likeness (QED) is 0.726. The van der Waals surface area contributed by atoms with Gasteiger partial charge in [0.15, 0.2) is 0 Å². The molecule has 1 aromatic heterocycles. The highest BCUT2D eigenvalue weighted by Gasteiger charge is 2.11. The number of anilines is 1. The Hall–Kier alpha value is -2.66. The van der Waals surface area contributed by atoms with E-state index in [4.69, 9.17) is 5.73 Å². The Bertz CT molecular complexity index is 783. The molecule has 1 heterocycles. The normalized spacial score (nSPS) is 10.4. The maximum atomic E-state index is 12.1. The van der Waals surface area contributed by atoms with E-state index in [1.54, 1.807) is 5.38 Å². The van der Waals surface area contributed by atoms with E-state index in [2.05, 4.69) is 10.3 Å². The van der Waals surface area contributed by atoms with Crippen molar-refractivity contribution in [2.75, 3.05) is 5.73 Å². The number of aromatic nitrogens is 1. The van der Waals surface area contributed by atoms with E-state index < -0.39 is 0 Å². The molecule has 0 saturated heterocycles. The summed E-state index contributed by atoms with van der Waals surface area (Å²) in [5.74, 6) is -0.171. The van der Waals surface area contributed by atoms with Gasteiger partial charge in [-0.05, 0) is 17.7 Å². The number of nitrogen functional groups attached to an aromatic ring is 1. The fourth-order valence-electron chi connectivity index (χ4n) is 2.05. The van der Waals surface area contributed by atoms with Crippen LogP contribution in [-0.4, -0.2) is 10.9 Å². The fourth-order valence-corrected chi connectivity index (χ4v) is 2.85. The molecule has 22 heavy (non-hydrogen) atoms. The third kappa shape index (κ3) is 3.32. The summed E-state index contributed by atoms with van der Waals surface area (Å²) < 4.78 is 0. The largest absolute Gasteiger partial charge is 0.399 e. The molecule has 0 unspecified atom stereocenters. The summed E-state index contributed by atoms with van der Waals surface area (Å²) in [6.45, 7) is 0.491. The molecule has 0 aliphatic heterocycles. The maximum absolute atomic E-state index is 12.1. The summed E-state index contributed by atoms with van der Waals surface area (Å²) in [5, 5.41) is 5.42. The van der Waals surface area contributed by atoms with E-state index in [9.17, 15) is 4.79 Å². The number of hydrogen-bond acceptors (Lipinski definition) is 4. The fraction of sp³-hybridized carbons (Fsp3) is 0.0588. The Morgan fingerprint density at radius 2 is 1.95 bits per heavy atom. The maximum Gasteiger partial charge on any atom is 0.271 e. The van der Waals surface area contributed by atoms with Gasteiger partial charge in [0.05, 0.1) is 0 Å². The van der Waals surface area contributed by atoms with Gasteiger partial charge in [-0.1, -0.05) is 42.5 Å². The van der Waals surface area contributed by atoms with Crippen molar-refractivity contribution in [3.63, 3.8) is 0 Å². The van der Waals surface area contributed by atoms with Gasteiger partial charge in [-0.15, -0.1) is 11.3 Å². The van der Waals surface area contributed by atoms with Crippen molar-refractivity contribution in [1.82, 2.24) is 10.3 Å². The molecule has 2 aromatic carbocycles. The lowest BCUT2D eigenvalue weighted by atomic mass is 10.2. The second-order valence-electron chi connectivity index (χ2n) is 4.83. The van der Waals surface area contributed by atoms with Crippen molar-refractivity contribution < 1.29 is 4.79 Å². The summed E-state index contributed by atoms with van der Waals surface area (Å²) in [4.78, 5) is 16.5. The van der Waals surface area contributed by atoms with Gasteiger partial charge < -0.3 is 11.1 Å². The molecule has 0 aliphatic carbocycles. The van der Waals surface area contributed by atoms with Gasteiger partial charge in [0.25, 0.3) is 5.91 Å². The third-order valence-corrected chi connectivity index (χ3v) is 4.06. The van der Waals surface area contributed by atoms with Crippen LogP contribution in [-0.2, 0) is 6.54 Å². The Morgan fingerprint density at radius 3 is 2.73 bits per heavy atom. The van der Waals surface area contributed by atoms with Crippen molar-refractivity contribution in [2.24, 2.45) is 0 Å². The number of nitrogens with two attached hydrogens (primary N) is 1. The topological polar surface area (TPSA) is 68.0 Å². The van der Waals surface area contributed by atoms with Gasteiger partial charge in [0.1, 0.15) is 10.7 Å². The van der Waals surface area contributed by atoms with Gasteiger partial charge in [-0.3, -0.25) is 4.79 Å². The summed E-state index contributed by atoms with van der Waals surface area (Å²) in [6, 6.07) is 17.3. The Morgan fingerprint density at radius 1 is 1.14 bits per heavy atom. The van der Waals surface area contributed by atoms with E-state index >= 15 is 0 Å². The summed E-state index contributed by atoms with van der Waals surface area (Å²) >= 11 is 1.43. The van der Waals surface area contributed by atoms with Crippen LogP contribution in [0.3, 0.4) is 0 Å². The molecular weight excluding hydrogens is 294 g/mol. The smallest absolute Gasteiger partial charge is 0.271 e. The lowest BCUT2D eigenvalue weighted by molar-refractivity contribution is 0.0946. The zero-order chi connectivity index (χ0) is 15.4. The average Bonchev–Trinajstić information content (AvgIpc) is 3.04. The molecule has 0 aliphatic rings. The van der Waals surface area contributed by atoms with E-state index in [1.165, 1.54) is 11.3 Å². The molecule has 110 valence electrons. The number of nitrogens with zero attached hydrogens (tertiary/aromatic N) is 1. The predicted octanol–water partition coefficient (Wildman–Crippen LogP) is 3.32. The zero-order valence-electron chi connectivity index (χ0n) is 11.8. The number of amides is 1. The molecule has 0 saturated carbocycles. The minimum Gasteiger partial charge on any atom is -0.399 e. The van der Waals surface area contributed by atoms with Crippen LogP contribution in [0, 0.1) is 0 Å². The number of carbonyl (C=O) groups excluding carboxylic acids is 1. The molecule has 3 rings (SSSR count). The van der Waals surface area contributed by atoms with E-state index in [0.29, 0.717) is 17.9 Å². The number of thiazole rings is 1. The highest BCUT2D eigenvalue weighted by molar-refractivity contribution is 7.13. The van der Waals surface area contributed by atoms with E-state index in [0.717, 1.165) is 16.1 Å². The van der Waals surface area contributed by atoms with Crippen molar-refractivity contribution in [3.05, 3.63) is 71.2 Å². The van der Waals surface area contributed by atoms with Crippen LogP contribution in [0.15, 0.2) is 60.0 Å². The number of rotatable bonds is 4. The Balaban J connectivity index is 1.69. The zero-order valence-corrected chi connectivity index (χ0v) is 12.6. The monoisotopic (exact) mass is 309 g/mol. The highest BCUT2D eigenvalue weighted by Crippen LogP contribution is 2.25. The Labute approximate surface area is 132 Å². The van der Waals surface area contributed by atoms with Gasteiger partial charge in [-0.25, -0.2) is 4.98 Å². The first-order valence-electron chi connectivity index (χ1n) is 6.86. The van der Waals surface area contributed by atoms with Crippen LogP contribution in [0.4, 0.5) is 5.69 Å². The molecule has 0 fully saturated rings. The molecule has 0 radical (unpaired) electrons. The predicted molar refractivity (Wildman–Crippen MR) is 89.6 cm³/mol. The van der Waals surface area contributed by atoms with Crippen molar-refractivity contribution in [2.45, 2.75) is 6.54 Å². The molecule has 5 heteroatoms. The number of hydrogen-bond donors (Lipinski definition) is 2. The number of benzene rings is 2. The molecule has 0 bridgehead atoms. The van der Waals surface area contributed by atoms with Gasteiger partial charge in [-0.2, -0.15) is 0 Å². The van der Waals surface area contributed by atoms with Gasteiger partial charge in [0, 0.05) is 23.2 Å². The highest BCUT2D eigenvalue weighted by atomic mass is 32.1. The van der Waals surface area contributed by atoms with Crippen molar-refractivity contribution in [3.8, 4) is 10.6 Å². The minimum atomic E-state index is -0.171. The number of carbonyl (C=O) groups is 1. The van der Waals surface area contributed by atoms with E-state index in [1.807, 2.05) is 54.6 Å². The number of nitrogens with one attached hydrogen (secondary N) is 1. The summed E-state index contributed by atoms with van der Waals surface area (Å²) in [6.07, 6.45) is 0. The summed E-state index contributed by atoms with van der Waals surface area (Å²) in [7, 11) is 0. The molecule has 4 nitrogen and oxygen atoms in total. The van der Waals surface area contributed by atoms with Crippen LogP contribution in [0.1, 0.15) is 16.1 Å². The second kappa shape index (κ2) is 6.41. The first-order chi connectivity index (χ1) is 10.7. The lowest BCUT2D eigenvalue weighted by Crippen LogP contribution is -2.23. The van der Waals surface area contributed by atoms with Crippen LogP contribution in [0.2, 0.25) is 0 Å². The minimum absolute atomic E-state index is 0.171. The molecule has 0 spiro atoms. The first kappa shape index (κ1) is 14.3. The van der Waals surface area contributed by atoms with Crippen LogP contribution >= 0.6 is 11.3 Å². The van der Waals surface area contributed by atoms with Crippen molar-refractivity contribution >= 4 is 22.9 Å². The molecule has 1 amide bonds. The van der Waals surface area contributed by atoms with E-state index in [-0.39, 0.29) is 5.91 Å². The van der Waals surface area contributed by atoms with Crippen molar-refractivity contribution in [1.29, 1.82) is 0 Å². The SMILES string of the molecule is Nc1cccc(-c2nc(C(=O)NCc3ccccc3)cs2)c1. The van der Waals surface area contributed by atoms with Gasteiger partial charge >= 0.3 is 0 Å². The second-order valence-corrected chi connectivity index (χ2v) is 5.69.